The Bertz CT molecular complexity index is 1170. The smallest absolute Gasteiger partial charge is 0.159 e. The molecule has 0 N–H and O–H groups in total. The van der Waals surface area contributed by atoms with Gasteiger partial charge in [-0.05, 0) is 160 Å². The molecule has 0 amide bonds. The summed E-state index contributed by atoms with van der Waals surface area (Å²) in [4.78, 5) is 0. The van der Waals surface area contributed by atoms with Crippen LogP contribution in [-0.2, 0) is 4.74 Å². The van der Waals surface area contributed by atoms with Crippen LogP contribution in [0.15, 0.2) is 36.4 Å². The van der Waals surface area contributed by atoms with E-state index in [-0.39, 0.29) is 11.8 Å². The van der Waals surface area contributed by atoms with Crippen molar-refractivity contribution in [3.8, 4) is 0 Å². The fourth-order valence-electron chi connectivity index (χ4n) is 10.4. The van der Waals surface area contributed by atoms with Crippen molar-refractivity contribution in [2.75, 3.05) is 0 Å². The Labute approximate surface area is 281 Å². The molecule has 4 fully saturated rings. The summed E-state index contributed by atoms with van der Waals surface area (Å²) in [7, 11) is 0. The minimum Gasteiger partial charge on any atom is -0.365 e. The molecule has 2 unspecified atom stereocenters. The SMILES string of the molecule is CCC1CCC(C2CCC(C(OC(c3ccc(F)c(F)c3)C3CCC(C4CCC(CC)CC4)CC3)c3ccc(F)c(F)c3)CC2)CC1. The molecular weight excluding hydrogens is 596 g/mol. The summed E-state index contributed by atoms with van der Waals surface area (Å²) in [5, 5.41) is 0. The van der Waals surface area contributed by atoms with Crippen molar-refractivity contribution < 1.29 is 22.3 Å². The van der Waals surface area contributed by atoms with Crippen LogP contribution in [0.1, 0.15) is 153 Å². The van der Waals surface area contributed by atoms with E-state index in [0.29, 0.717) is 11.1 Å². The lowest BCUT2D eigenvalue weighted by Gasteiger charge is -2.43. The Balaban J connectivity index is 1.20. The van der Waals surface area contributed by atoms with Crippen LogP contribution in [0, 0.1) is 70.6 Å². The molecule has 0 saturated heterocycles. The lowest BCUT2D eigenvalue weighted by atomic mass is 9.67. The zero-order valence-electron chi connectivity index (χ0n) is 28.9. The summed E-state index contributed by atoms with van der Waals surface area (Å²) < 4.78 is 64.9. The second-order valence-corrected chi connectivity index (χ2v) is 16.1. The zero-order valence-corrected chi connectivity index (χ0v) is 28.9. The molecule has 0 radical (unpaired) electrons. The standard InChI is InChI=1S/C42H58F4O/c1-3-27-5-9-29(10-6-27)31-13-17-33(18-14-31)41(35-21-23-37(43)39(45)25-35)47-42(36-22-24-38(44)40(46)26-36)34-19-15-32(16-20-34)30-11-7-28(4-2)8-12-30/h21-34,41-42H,3-20H2,1-2H3. The first-order valence-electron chi connectivity index (χ1n) is 19.4. The molecular formula is C42H58F4O. The van der Waals surface area contributed by atoms with E-state index >= 15 is 0 Å². The molecule has 47 heavy (non-hydrogen) atoms. The molecule has 6 rings (SSSR count). The van der Waals surface area contributed by atoms with Crippen molar-refractivity contribution in [1.29, 1.82) is 0 Å². The van der Waals surface area contributed by atoms with E-state index in [1.165, 1.54) is 88.5 Å². The van der Waals surface area contributed by atoms with E-state index in [4.69, 9.17) is 4.74 Å². The Morgan fingerprint density at radius 1 is 0.468 bits per heavy atom. The van der Waals surface area contributed by atoms with Crippen molar-refractivity contribution in [1.82, 2.24) is 0 Å². The van der Waals surface area contributed by atoms with Crippen molar-refractivity contribution in [3.05, 3.63) is 70.8 Å². The lowest BCUT2D eigenvalue weighted by Crippen LogP contribution is -2.31. The summed E-state index contributed by atoms with van der Waals surface area (Å²) in [5.74, 6) is 1.69. The molecule has 4 aliphatic carbocycles. The number of ether oxygens (including phenoxy) is 1. The maximum Gasteiger partial charge on any atom is 0.159 e. The predicted octanol–water partition coefficient (Wildman–Crippen LogP) is 13.1. The van der Waals surface area contributed by atoms with Crippen molar-refractivity contribution >= 4 is 0 Å². The molecule has 0 heterocycles. The predicted molar refractivity (Wildman–Crippen MR) is 182 cm³/mol. The van der Waals surface area contributed by atoms with Gasteiger partial charge in [0, 0.05) is 0 Å². The molecule has 260 valence electrons. The van der Waals surface area contributed by atoms with Gasteiger partial charge in [-0.25, -0.2) is 17.6 Å². The monoisotopic (exact) mass is 654 g/mol. The highest BCUT2D eigenvalue weighted by molar-refractivity contribution is 5.24. The average molecular weight is 655 g/mol. The fourth-order valence-corrected chi connectivity index (χ4v) is 10.4. The van der Waals surface area contributed by atoms with Gasteiger partial charge < -0.3 is 4.74 Å². The van der Waals surface area contributed by atoms with E-state index in [2.05, 4.69) is 13.8 Å². The van der Waals surface area contributed by atoms with Crippen molar-refractivity contribution in [2.45, 2.75) is 142 Å². The third-order valence-corrected chi connectivity index (χ3v) is 13.6. The van der Waals surface area contributed by atoms with Gasteiger partial charge in [-0.3, -0.25) is 0 Å². The minimum absolute atomic E-state index is 0.168. The highest BCUT2D eigenvalue weighted by Gasteiger charge is 2.39. The fraction of sp³-hybridized carbons (Fsp3) is 0.714. The van der Waals surface area contributed by atoms with Gasteiger partial charge in [0.1, 0.15) is 0 Å². The molecule has 2 aromatic rings. The Kier molecular flexibility index (Phi) is 12.1. The van der Waals surface area contributed by atoms with E-state index in [9.17, 15) is 17.6 Å². The first-order chi connectivity index (χ1) is 22.8. The summed E-state index contributed by atoms with van der Waals surface area (Å²) >= 11 is 0. The largest absolute Gasteiger partial charge is 0.365 e. The number of hydrogen-bond acceptors (Lipinski definition) is 1. The van der Waals surface area contributed by atoms with Gasteiger partial charge in [0.05, 0.1) is 12.2 Å². The van der Waals surface area contributed by atoms with Crippen molar-refractivity contribution in [3.63, 3.8) is 0 Å². The third kappa shape index (κ3) is 8.47. The van der Waals surface area contributed by atoms with Crippen LogP contribution in [0.5, 0.6) is 0 Å². The summed E-state index contributed by atoms with van der Waals surface area (Å²) in [6, 6.07) is 8.39. The van der Waals surface area contributed by atoms with E-state index in [1.807, 2.05) is 0 Å². The van der Waals surface area contributed by atoms with Gasteiger partial charge in [-0.1, -0.05) is 64.5 Å². The van der Waals surface area contributed by atoms with Crippen LogP contribution in [-0.4, -0.2) is 0 Å². The Morgan fingerprint density at radius 3 is 1.09 bits per heavy atom. The molecule has 0 bridgehead atoms. The summed E-state index contributed by atoms with van der Waals surface area (Å²) in [6.07, 6.45) is 20.9. The van der Waals surface area contributed by atoms with Gasteiger partial charge in [0.2, 0.25) is 0 Å². The number of halogens is 4. The van der Waals surface area contributed by atoms with E-state index in [1.54, 1.807) is 12.1 Å². The molecule has 2 atom stereocenters. The van der Waals surface area contributed by atoms with Crippen LogP contribution in [0.4, 0.5) is 17.6 Å². The normalized spacial score (nSPS) is 33.3. The second-order valence-electron chi connectivity index (χ2n) is 16.1. The van der Waals surface area contributed by atoms with E-state index in [0.717, 1.165) is 86.9 Å². The van der Waals surface area contributed by atoms with Crippen LogP contribution in [0.3, 0.4) is 0 Å². The Morgan fingerprint density at radius 2 is 0.787 bits per heavy atom. The third-order valence-electron chi connectivity index (χ3n) is 13.6. The maximum atomic E-state index is 14.7. The van der Waals surface area contributed by atoms with Crippen LogP contribution in [0.2, 0.25) is 0 Å². The molecule has 4 aliphatic rings. The van der Waals surface area contributed by atoms with Crippen LogP contribution < -0.4 is 0 Å². The molecule has 1 nitrogen and oxygen atoms in total. The zero-order chi connectivity index (χ0) is 32.9. The second kappa shape index (κ2) is 16.2. The highest BCUT2D eigenvalue weighted by Crippen LogP contribution is 2.50. The number of hydrogen-bond donors (Lipinski definition) is 0. The van der Waals surface area contributed by atoms with E-state index < -0.39 is 35.5 Å². The quantitative estimate of drug-likeness (QED) is 0.232. The first kappa shape index (κ1) is 35.0. The molecule has 4 saturated carbocycles. The average Bonchev–Trinajstić information content (AvgIpc) is 3.12. The maximum absolute atomic E-state index is 14.7. The van der Waals surface area contributed by atoms with Gasteiger partial charge in [-0.15, -0.1) is 0 Å². The molecule has 2 aromatic carbocycles. The number of benzene rings is 2. The van der Waals surface area contributed by atoms with Gasteiger partial charge in [0.25, 0.3) is 0 Å². The van der Waals surface area contributed by atoms with Crippen molar-refractivity contribution in [2.24, 2.45) is 47.3 Å². The Hall–Kier alpha value is -1.88. The minimum atomic E-state index is -0.861. The topological polar surface area (TPSA) is 9.23 Å². The summed E-state index contributed by atoms with van der Waals surface area (Å²) in [5.41, 5.74) is 1.31. The number of rotatable bonds is 10. The highest BCUT2D eigenvalue weighted by atomic mass is 19.2. The van der Waals surface area contributed by atoms with Gasteiger partial charge >= 0.3 is 0 Å². The molecule has 0 aliphatic heterocycles. The first-order valence-corrected chi connectivity index (χ1v) is 19.4. The molecule has 0 aromatic heterocycles. The lowest BCUT2D eigenvalue weighted by molar-refractivity contribution is -0.0937. The van der Waals surface area contributed by atoms with Gasteiger partial charge in [-0.2, -0.15) is 0 Å². The van der Waals surface area contributed by atoms with Crippen LogP contribution >= 0.6 is 0 Å². The van der Waals surface area contributed by atoms with Gasteiger partial charge in [0.15, 0.2) is 23.3 Å². The molecule has 0 spiro atoms. The molecule has 5 heteroatoms. The summed E-state index contributed by atoms with van der Waals surface area (Å²) in [6.45, 7) is 4.62. The van der Waals surface area contributed by atoms with Crippen LogP contribution in [0.25, 0.3) is 0 Å².